The molecule has 8 heteroatoms. The number of aryl methyl sites for hydroxylation is 1. The third kappa shape index (κ3) is 3.15. The van der Waals surface area contributed by atoms with Crippen molar-refractivity contribution in [3.05, 3.63) is 18.0 Å². The Morgan fingerprint density at radius 2 is 1.77 bits per heavy atom. The first kappa shape index (κ1) is 16.1. The minimum absolute atomic E-state index is 0.0363. The summed E-state index contributed by atoms with van der Waals surface area (Å²) in [7, 11) is 8.78. The fraction of sp³-hybridized carbons (Fsp3) is 0.643. The molecule has 1 atom stereocenters. The van der Waals surface area contributed by atoms with Crippen LogP contribution in [0.3, 0.4) is 0 Å². The van der Waals surface area contributed by atoms with Crippen molar-refractivity contribution in [3.8, 4) is 0 Å². The lowest BCUT2D eigenvalue weighted by Crippen LogP contribution is -2.56. The number of piperazine rings is 1. The first-order valence-corrected chi connectivity index (χ1v) is 7.24. The molecule has 1 unspecified atom stereocenters. The molecule has 0 bridgehead atoms. The van der Waals surface area contributed by atoms with Gasteiger partial charge < -0.3 is 19.6 Å². The lowest BCUT2D eigenvalue weighted by atomic mass is 10.1. The number of carbonyl (C=O) groups excluding carboxylic acids is 2. The molecule has 1 aliphatic rings. The molecule has 1 fully saturated rings. The van der Waals surface area contributed by atoms with Crippen molar-refractivity contribution < 1.29 is 9.59 Å². The molecule has 22 heavy (non-hydrogen) atoms. The van der Waals surface area contributed by atoms with Crippen LogP contribution in [0.1, 0.15) is 11.6 Å². The molecule has 0 radical (unpaired) electrons. The summed E-state index contributed by atoms with van der Waals surface area (Å²) in [6.07, 6.45) is 3.65. The van der Waals surface area contributed by atoms with Crippen molar-refractivity contribution in [2.45, 2.75) is 6.04 Å². The highest BCUT2D eigenvalue weighted by Gasteiger charge is 2.35. The van der Waals surface area contributed by atoms with E-state index in [1.807, 2.05) is 13.2 Å². The van der Waals surface area contributed by atoms with Crippen LogP contribution in [0.15, 0.2) is 12.4 Å². The minimum atomic E-state index is -0.179. The van der Waals surface area contributed by atoms with Crippen molar-refractivity contribution in [1.82, 2.24) is 29.4 Å². The van der Waals surface area contributed by atoms with E-state index < -0.39 is 0 Å². The van der Waals surface area contributed by atoms with Crippen LogP contribution in [0.5, 0.6) is 0 Å². The van der Waals surface area contributed by atoms with Gasteiger partial charge in [-0.15, -0.1) is 0 Å². The van der Waals surface area contributed by atoms with Gasteiger partial charge in [0.2, 0.25) is 0 Å². The van der Waals surface area contributed by atoms with Gasteiger partial charge in [-0.25, -0.2) is 9.59 Å². The van der Waals surface area contributed by atoms with Crippen LogP contribution in [-0.2, 0) is 7.05 Å². The molecule has 2 heterocycles. The minimum Gasteiger partial charge on any atom is -0.331 e. The van der Waals surface area contributed by atoms with Crippen molar-refractivity contribution in [3.63, 3.8) is 0 Å². The summed E-state index contributed by atoms with van der Waals surface area (Å²) in [5.74, 6) is 0. The van der Waals surface area contributed by atoms with Gasteiger partial charge >= 0.3 is 12.1 Å². The summed E-state index contributed by atoms with van der Waals surface area (Å²) < 4.78 is 1.71. The maximum Gasteiger partial charge on any atom is 0.320 e. The molecule has 0 aromatic carbocycles. The van der Waals surface area contributed by atoms with Gasteiger partial charge in [0, 0.05) is 66.6 Å². The van der Waals surface area contributed by atoms with Crippen molar-refractivity contribution in [1.29, 1.82) is 0 Å². The van der Waals surface area contributed by atoms with Crippen LogP contribution in [0.25, 0.3) is 0 Å². The highest BCUT2D eigenvalue weighted by atomic mass is 16.2. The highest BCUT2D eigenvalue weighted by Crippen LogP contribution is 2.26. The Labute approximate surface area is 130 Å². The molecular weight excluding hydrogens is 284 g/mol. The number of hydrogen-bond acceptors (Lipinski definition) is 3. The van der Waals surface area contributed by atoms with E-state index >= 15 is 0 Å². The Balaban J connectivity index is 2.26. The Morgan fingerprint density at radius 3 is 2.27 bits per heavy atom. The van der Waals surface area contributed by atoms with E-state index in [-0.39, 0.29) is 18.1 Å². The Kier molecular flexibility index (Phi) is 4.58. The first-order valence-electron chi connectivity index (χ1n) is 7.24. The van der Waals surface area contributed by atoms with Crippen LogP contribution < -0.4 is 0 Å². The fourth-order valence-electron chi connectivity index (χ4n) is 2.62. The summed E-state index contributed by atoms with van der Waals surface area (Å²) >= 11 is 0. The van der Waals surface area contributed by atoms with Crippen LogP contribution in [-0.4, -0.2) is 89.3 Å². The molecule has 1 aromatic rings. The molecule has 1 saturated heterocycles. The van der Waals surface area contributed by atoms with Gasteiger partial charge in [-0.1, -0.05) is 0 Å². The van der Waals surface area contributed by atoms with E-state index in [2.05, 4.69) is 5.10 Å². The summed E-state index contributed by atoms with van der Waals surface area (Å²) in [5.41, 5.74) is 0.939. The predicted molar refractivity (Wildman–Crippen MR) is 82.4 cm³/mol. The van der Waals surface area contributed by atoms with Gasteiger partial charge in [0.15, 0.2) is 0 Å². The molecule has 2 rings (SSSR count). The molecule has 1 aromatic heterocycles. The maximum absolute atomic E-state index is 12.4. The molecular formula is C14H24N6O2. The number of nitrogens with zero attached hydrogens (tertiary/aromatic N) is 6. The van der Waals surface area contributed by atoms with Crippen molar-refractivity contribution >= 4 is 12.1 Å². The lowest BCUT2D eigenvalue weighted by Gasteiger charge is -2.42. The molecule has 0 N–H and O–H groups in total. The molecule has 8 nitrogen and oxygen atoms in total. The topological polar surface area (TPSA) is 64.9 Å². The predicted octanol–water partition coefficient (Wildman–Crippen LogP) is 0.442. The normalized spacial score (nSPS) is 18.3. The Morgan fingerprint density at radius 1 is 1.14 bits per heavy atom. The largest absolute Gasteiger partial charge is 0.331 e. The van der Waals surface area contributed by atoms with Crippen LogP contribution >= 0.6 is 0 Å². The number of carbonyl (C=O) groups is 2. The Hall–Kier alpha value is -2.25. The average molecular weight is 308 g/mol. The lowest BCUT2D eigenvalue weighted by molar-refractivity contribution is 0.0847. The Bertz CT molecular complexity index is 553. The van der Waals surface area contributed by atoms with Crippen LogP contribution in [0, 0.1) is 0 Å². The zero-order chi connectivity index (χ0) is 16.4. The second-order valence-corrected chi connectivity index (χ2v) is 5.96. The summed E-state index contributed by atoms with van der Waals surface area (Å²) in [5, 5.41) is 4.19. The molecule has 1 aliphatic heterocycles. The van der Waals surface area contributed by atoms with Gasteiger partial charge in [0.1, 0.15) is 0 Å². The quantitative estimate of drug-likeness (QED) is 0.756. The first-order chi connectivity index (χ1) is 10.3. The fourth-order valence-corrected chi connectivity index (χ4v) is 2.62. The zero-order valence-electron chi connectivity index (χ0n) is 13.9. The molecule has 0 aliphatic carbocycles. The second kappa shape index (κ2) is 6.25. The smallest absolute Gasteiger partial charge is 0.320 e. The molecule has 122 valence electrons. The standard InChI is InChI=1S/C14H24N6O2/c1-16(2)13(21)19-6-7-20(14(22)17(3)4)12(10-19)11-8-15-18(5)9-11/h8-9,12H,6-7,10H2,1-5H3. The van der Waals surface area contributed by atoms with E-state index in [1.54, 1.807) is 58.7 Å². The monoisotopic (exact) mass is 308 g/mol. The van der Waals surface area contributed by atoms with Gasteiger partial charge in [0.05, 0.1) is 12.2 Å². The van der Waals surface area contributed by atoms with Gasteiger partial charge in [-0.05, 0) is 0 Å². The van der Waals surface area contributed by atoms with Gasteiger partial charge in [0.25, 0.3) is 0 Å². The third-order valence-electron chi connectivity index (χ3n) is 3.77. The van der Waals surface area contributed by atoms with Gasteiger partial charge in [-0.2, -0.15) is 5.10 Å². The van der Waals surface area contributed by atoms with Crippen molar-refractivity contribution in [2.24, 2.45) is 7.05 Å². The van der Waals surface area contributed by atoms with E-state index in [1.165, 1.54) is 0 Å². The zero-order valence-corrected chi connectivity index (χ0v) is 13.9. The van der Waals surface area contributed by atoms with E-state index in [4.69, 9.17) is 0 Å². The molecule has 0 saturated carbocycles. The van der Waals surface area contributed by atoms with E-state index in [0.29, 0.717) is 19.6 Å². The maximum atomic E-state index is 12.4. The number of hydrogen-bond donors (Lipinski definition) is 0. The number of urea groups is 2. The van der Waals surface area contributed by atoms with Crippen molar-refractivity contribution in [2.75, 3.05) is 47.8 Å². The van der Waals surface area contributed by atoms with E-state index in [9.17, 15) is 9.59 Å². The molecule has 4 amide bonds. The second-order valence-electron chi connectivity index (χ2n) is 5.96. The summed E-state index contributed by atoms with van der Waals surface area (Å²) in [6, 6.07) is -0.266. The third-order valence-corrected chi connectivity index (χ3v) is 3.77. The summed E-state index contributed by atoms with van der Waals surface area (Å²) in [4.78, 5) is 31.3. The summed E-state index contributed by atoms with van der Waals surface area (Å²) in [6.45, 7) is 1.52. The van der Waals surface area contributed by atoms with Gasteiger partial charge in [-0.3, -0.25) is 4.68 Å². The molecule has 0 spiro atoms. The van der Waals surface area contributed by atoms with E-state index in [0.717, 1.165) is 5.56 Å². The average Bonchev–Trinajstić information content (AvgIpc) is 2.91. The number of rotatable bonds is 1. The number of aromatic nitrogens is 2. The highest BCUT2D eigenvalue weighted by molar-refractivity contribution is 5.76. The van der Waals surface area contributed by atoms with Crippen LogP contribution in [0.4, 0.5) is 9.59 Å². The van der Waals surface area contributed by atoms with Crippen LogP contribution in [0.2, 0.25) is 0 Å². The number of amides is 4. The SMILES string of the molecule is CN(C)C(=O)N1CCN(C(=O)N(C)C)C(c2cnn(C)c2)C1.